The van der Waals surface area contributed by atoms with Gasteiger partial charge in [0.15, 0.2) is 0 Å². The summed E-state index contributed by atoms with van der Waals surface area (Å²) in [6, 6.07) is 10.3. The van der Waals surface area contributed by atoms with Crippen LogP contribution in [0.15, 0.2) is 30.3 Å². The topological polar surface area (TPSA) is 23.6 Å². The predicted molar refractivity (Wildman–Crippen MR) is 77.9 cm³/mol. The van der Waals surface area contributed by atoms with Gasteiger partial charge in [-0.05, 0) is 38.9 Å². The minimum atomic E-state index is -0.159. The molecule has 1 aromatic carbocycles. The van der Waals surface area contributed by atoms with Crippen LogP contribution in [0.5, 0.6) is 0 Å². The molecule has 2 rings (SSSR count). The minimum absolute atomic E-state index is 0.159. The number of hydrogen-bond acceptors (Lipinski definition) is 2. The lowest BCUT2D eigenvalue weighted by Crippen LogP contribution is -2.42. The Bertz CT molecular complexity index is 416. The molecule has 1 heterocycles. The molecule has 104 valence electrons. The van der Waals surface area contributed by atoms with Crippen LogP contribution in [0, 0.1) is 0 Å². The number of hydrogen-bond donors (Lipinski definition) is 0. The summed E-state index contributed by atoms with van der Waals surface area (Å²) in [7, 11) is 3.96. The summed E-state index contributed by atoms with van der Waals surface area (Å²) in [5, 5.41) is 0. The summed E-state index contributed by atoms with van der Waals surface area (Å²) in [5.41, 5.74) is 1.08. The molecular formula is C16H24N2O. The zero-order chi connectivity index (χ0) is 13.8. The molecule has 3 nitrogen and oxygen atoms in total. The van der Waals surface area contributed by atoms with E-state index in [1.54, 1.807) is 0 Å². The van der Waals surface area contributed by atoms with E-state index in [4.69, 9.17) is 0 Å². The van der Waals surface area contributed by atoms with Gasteiger partial charge in [0.1, 0.15) is 6.04 Å². The summed E-state index contributed by atoms with van der Waals surface area (Å²) < 4.78 is 0. The smallest absolute Gasteiger partial charge is 0.244 e. The Morgan fingerprint density at radius 3 is 2.63 bits per heavy atom. The van der Waals surface area contributed by atoms with Gasteiger partial charge in [0, 0.05) is 12.6 Å². The predicted octanol–water partition coefficient (Wildman–Crippen LogP) is 2.69. The van der Waals surface area contributed by atoms with E-state index >= 15 is 0 Å². The third-order valence-electron chi connectivity index (χ3n) is 4.00. The number of nitrogens with zero attached hydrogens (tertiary/aromatic N) is 2. The van der Waals surface area contributed by atoms with E-state index in [1.807, 2.05) is 49.3 Å². The molecule has 1 fully saturated rings. The Balaban J connectivity index is 2.22. The van der Waals surface area contributed by atoms with Gasteiger partial charge in [-0.25, -0.2) is 0 Å². The first-order chi connectivity index (χ1) is 9.15. The maximum Gasteiger partial charge on any atom is 0.244 e. The summed E-state index contributed by atoms with van der Waals surface area (Å²) >= 11 is 0. The molecule has 0 N–H and O–H groups in total. The monoisotopic (exact) mass is 260 g/mol. The first-order valence-electron chi connectivity index (χ1n) is 7.17. The maximum absolute atomic E-state index is 12.8. The third kappa shape index (κ3) is 2.98. The van der Waals surface area contributed by atoms with E-state index < -0.39 is 0 Å². The molecule has 1 saturated heterocycles. The molecule has 0 radical (unpaired) electrons. The number of rotatable bonds is 4. The second-order valence-corrected chi connectivity index (χ2v) is 5.51. The molecule has 2 atom stereocenters. The van der Waals surface area contributed by atoms with Crippen molar-refractivity contribution in [3.63, 3.8) is 0 Å². The molecule has 1 aliphatic heterocycles. The Kier molecular flexibility index (Phi) is 4.59. The highest BCUT2D eigenvalue weighted by molar-refractivity contribution is 5.83. The molecule has 1 aliphatic rings. The average Bonchev–Trinajstić information content (AvgIpc) is 2.88. The van der Waals surface area contributed by atoms with E-state index in [2.05, 4.69) is 11.8 Å². The number of benzene rings is 1. The fraction of sp³-hybridized carbons (Fsp3) is 0.562. The first-order valence-corrected chi connectivity index (χ1v) is 7.17. The van der Waals surface area contributed by atoms with Gasteiger partial charge in [-0.3, -0.25) is 9.69 Å². The summed E-state index contributed by atoms with van der Waals surface area (Å²) in [6.07, 6.45) is 3.34. The van der Waals surface area contributed by atoms with Crippen molar-refractivity contribution in [1.29, 1.82) is 0 Å². The van der Waals surface area contributed by atoms with Crippen molar-refractivity contribution in [2.75, 3.05) is 20.6 Å². The Morgan fingerprint density at radius 1 is 1.37 bits per heavy atom. The minimum Gasteiger partial charge on any atom is -0.338 e. The molecule has 0 bridgehead atoms. The SMILES string of the molecule is CC[C@H]1CCCN1C(=O)[C@@H](c1ccccc1)N(C)C. The first kappa shape index (κ1) is 14.1. The number of likely N-dealkylation sites (N-methyl/N-ethyl adjacent to an activating group) is 1. The summed E-state index contributed by atoms with van der Waals surface area (Å²) in [6.45, 7) is 3.08. The van der Waals surface area contributed by atoms with Crippen molar-refractivity contribution >= 4 is 5.91 Å². The van der Waals surface area contributed by atoms with E-state index in [9.17, 15) is 4.79 Å². The molecule has 0 spiro atoms. The maximum atomic E-state index is 12.8. The van der Waals surface area contributed by atoms with E-state index in [1.165, 1.54) is 0 Å². The summed E-state index contributed by atoms with van der Waals surface area (Å²) in [4.78, 5) is 16.9. The second kappa shape index (κ2) is 6.20. The van der Waals surface area contributed by atoms with E-state index in [-0.39, 0.29) is 11.9 Å². The molecule has 0 unspecified atom stereocenters. The fourth-order valence-electron chi connectivity index (χ4n) is 3.00. The van der Waals surface area contributed by atoms with Crippen molar-refractivity contribution in [3.05, 3.63) is 35.9 Å². The number of likely N-dealkylation sites (tertiary alicyclic amines) is 1. The quantitative estimate of drug-likeness (QED) is 0.831. The van der Waals surface area contributed by atoms with Crippen LogP contribution in [0.3, 0.4) is 0 Å². The van der Waals surface area contributed by atoms with Gasteiger partial charge < -0.3 is 4.90 Å². The van der Waals surface area contributed by atoms with Gasteiger partial charge in [-0.2, -0.15) is 0 Å². The summed E-state index contributed by atoms with van der Waals surface area (Å²) in [5.74, 6) is 0.251. The highest BCUT2D eigenvalue weighted by Crippen LogP contribution is 2.27. The molecular weight excluding hydrogens is 236 g/mol. The van der Waals surface area contributed by atoms with Crippen LogP contribution in [-0.2, 0) is 4.79 Å². The molecule has 3 heteroatoms. The van der Waals surface area contributed by atoms with Crippen LogP contribution in [0.4, 0.5) is 0 Å². The van der Waals surface area contributed by atoms with Crippen molar-refractivity contribution in [3.8, 4) is 0 Å². The Morgan fingerprint density at radius 2 is 2.05 bits per heavy atom. The van der Waals surface area contributed by atoms with Crippen LogP contribution in [0.1, 0.15) is 37.8 Å². The molecule has 1 aromatic rings. The average molecular weight is 260 g/mol. The van der Waals surface area contributed by atoms with Crippen molar-refractivity contribution < 1.29 is 4.79 Å². The van der Waals surface area contributed by atoms with Crippen LogP contribution in [0.25, 0.3) is 0 Å². The molecule has 1 amide bonds. The van der Waals surface area contributed by atoms with Gasteiger partial charge in [0.25, 0.3) is 0 Å². The third-order valence-corrected chi connectivity index (χ3v) is 4.00. The second-order valence-electron chi connectivity index (χ2n) is 5.51. The van der Waals surface area contributed by atoms with Gasteiger partial charge in [0.2, 0.25) is 5.91 Å². The lowest BCUT2D eigenvalue weighted by Gasteiger charge is -2.31. The Labute approximate surface area is 116 Å². The number of carbonyl (C=O) groups excluding carboxylic acids is 1. The highest BCUT2D eigenvalue weighted by Gasteiger charge is 2.33. The van der Waals surface area contributed by atoms with Crippen molar-refractivity contribution in [2.45, 2.75) is 38.3 Å². The number of amides is 1. The highest BCUT2D eigenvalue weighted by atomic mass is 16.2. The Hall–Kier alpha value is -1.35. The van der Waals surface area contributed by atoms with Gasteiger partial charge in [-0.15, -0.1) is 0 Å². The molecule has 0 aromatic heterocycles. The molecule has 0 saturated carbocycles. The largest absolute Gasteiger partial charge is 0.338 e. The zero-order valence-corrected chi connectivity index (χ0v) is 12.2. The van der Waals surface area contributed by atoms with Gasteiger partial charge in [0.05, 0.1) is 0 Å². The lowest BCUT2D eigenvalue weighted by molar-refractivity contribution is -0.137. The fourth-order valence-corrected chi connectivity index (χ4v) is 3.00. The van der Waals surface area contributed by atoms with Crippen molar-refractivity contribution in [1.82, 2.24) is 9.80 Å². The van der Waals surface area contributed by atoms with Gasteiger partial charge in [-0.1, -0.05) is 37.3 Å². The van der Waals surface area contributed by atoms with E-state index in [0.29, 0.717) is 6.04 Å². The van der Waals surface area contributed by atoms with Crippen LogP contribution < -0.4 is 0 Å². The molecule has 19 heavy (non-hydrogen) atoms. The normalized spacial score (nSPS) is 20.8. The van der Waals surface area contributed by atoms with Crippen LogP contribution in [0.2, 0.25) is 0 Å². The standard InChI is InChI=1S/C16H24N2O/c1-4-14-11-8-12-18(14)16(19)15(17(2)3)13-9-6-5-7-10-13/h5-7,9-10,14-15H,4,8,11-12H2,1-3H3/t14-,15+/m0/s1. The zero-order valence-electron chi connectivity index (χ0n) is 12.2. The molecule has 0 aliphatic carbocycles. The lowest BCUT2D eigenvalue weighted by atomic mass is 10.0. The van der Waals surface area contributed by atoms with Crippen molar-refractivity contribution in [2.24, 2.45) is 0 Å². The van der Waals surface area contributed by atoms with E-state index in [0.717, 1.165) is 31.4 Å². The van der Waals surface area contributed by atoms with Crippen LogP contribution in [-0.4, -0.2) is 42.4 Å². The van der Waals surface area contributed by atoms with Crippen LogP contribution >= 0.6 is 0 Å². The van der Waals surface area contributed by atoms with Gasteiger partial charge >= 0.3 is 0 Å². The number of carbonyl (C=O) groups is 1.